The number of hydrogen-bond donors (Lipinski definition) is 1. The second-order valence-electron chi connectivity index (χ2n) is 5.52. The molecular formula is C15H25N3. The first-order chi connectivity index (χ1) is 8.79. The predicted octanol–water partition coefficient (Wildman–Crippen LogP) is 3.49. The van der Waals surface area contributed by atoms with Crippen LogP contribution in [0, 0.1) is 5.92 Å². The van der Waals surface area contributed by atoms with E-state index in [1.54, 1.807) is 12.4 Å². The number of nitrogens with zero attached hydrogens (tertiary/aromatic N) is 2. The standard InChI is InChI=1S/C15H25N3/c1-3-4-13-5-7-14(8-6-13)18-12(2)15-11-16-9-10-17-15/h9-14,18H,3-8H2,1-2H3/t12-,13?,14?/m1/s1. The minimum atomic E-state index is 0.312. The summed E-state index contributed by atoms with van der Waals surface area (Å²) in [5.74, 6) is 0.972. The highest BCUT2D eigenvalue weighted by Gasteiger charge is 2.22. The van der Waals surface area contributed by atoms with Gasteiger partial charge in [0.15, 0.2) is 0 Å². The fraction of sp³-hybridized carbons (Fsp3) is 0.733. The fourth-order valence-corrected chi connectivity index (χ4v) is 3.00. The van der Waals surface area contributed by atoms with Crippen LogP contribution < -0.4 is 5.32 Å². The fourth-order valence-electron chi connectivity index (χ4n) is 3.00. The summed E-state index contributed by atoms with van der Waals surface area (Å²) in [6.07, 6.45) is 13.5. The molecule has 1 heterocycles. The van der Waals surface area contributed by atoms with Crippen molar-refractivity contribution in [2.45, 2.75) is 64.5 Å². The predicted molar refractivity (Wildman–Crippen MR) is 74.2 cm³/mol. The normalized spacial score (nSPS) is 25.9. The highest BCUT2D eigenvalue weighted by Crippen LogP contribution is 2.28. The van der Waals surface area contributed by atoms with Crippen LogP contribution in [0.2, 0.25) is 0 Å². The average molecular weight is 247 g/mol. The highest BCUT2D eigenvalue weighted by atomic mass is 15.0. The minimum Gasteiger partial charge on any atom is -0.306 e. The van der Waals surface area contributed by atoms with Gasteiger partial charge in [-0.05, 0) is 38.5 Å². The van der Waals surface area contributed by atoms with E-state index in [4.69, 9.17) is 0 Å². The summed E-state index contributed by atoms with van der Waals surface area (Å²) in [5.41, 5.74) is 1.05. The molecule has 1 aromatic heterocycles. The van der Waals surface area contributed by atoms with Crippen molar-refractivity contribution in [3.63, 3.8) is 0 Å². The van der Waals surface area contributed by atoms with Gasteiger partial charge in [0.1, 0.15) is 0 Å². The summed E-state index contributed by atoms with van der Waals surface area (Å²) in [7, 11) is 0. The molecule has 0 aromatic carbocycles. The molecule has 1 fully saturated rings. The number of nitrogens with one attached hydrogen (secondary N) is 1. The highest BCUT2D eigenvalue weighted by molar-refractivity contribution is 5.01. The van der Waals surface area contributed by atoms with Crippen molar-refractivity contribution in [3.05, 3.63) is 24.3 Å². The van der Waals surface area contributed by atoms with E-state index in [1.807, 2.05) is 6.20 Å². The second-order valence-corrected chi connectivity index (χ2v) is 5.52. The lowest BCUT2D eigenvalue weighted by Gasteiger charge is -2.31. The minimum absolute atomic E-state index is 0.312. The number of hydrogen-bond acceptors (Lipinski definition) is 3. The van der Waals surface area contributed by atoms with E-state index in [-0.39, 0.29) is 0 Å². The van der Waals surface area contributed by atoms with E-state index < -0.39 is 0 Å². The zero-order valence-corrected chi connectivity index (χ0v) is 11.6. The van der Waals surface area contributed by atoms with Crippen LogP contribution in [0.4, 0.5) is 0 Å². The van der Waals surface area contributed by atoms with E-state index in [0.29, 0.717) is 12.1 Å². The molecule has 0 unspecified atom stereocenters. The van der Waals surface area contributed by atoms with Gasteiger partial charge in [-0.1, -0.05) is 19.8 Å². The lowest BCUT2D eigenvalue weighted by Crippen LogP contribution is -2.35. The van der Waals surface area contributed by atoms with Crippen molar-refractivity contribution >= 4 is 0 Å². The third-order valence-electron chi connectivity index (χ3n) is 4.06. The molecule has 2 rings (SSSR count). The molecule has 3 heteroatoms. The van der Waals surface area contributed by atoms with Gasteiger partial charge in [-0.3, -0.25) is 9.97 Å². The molecule has 18 heavy (non-hydrogen) atoms. The maximum atomic E-state index is 4.36. The Balaban J connectivity index is 1.78. The third kappa shape index (κ3) is 3.77. The largest absolute Gasteiger partial charge is 0.306 e. The molecular weight excluding hydrogens is 222 g/mol. The van der Waals surface area contributed by atoms with Gasteiger partial charge in [0.05, 0.1) is 5.69 Å². The van der Waals surface area contributed by atoms with E-state index in [0.717, 1.165) is 11.6 Å². The van der Waals surface area contributed by atoms with Gasteiger partial charge in [0, 0.05) is 30.7 Å². The van der Waals surface area contributed by atoms with Gasteiger partial charge >= 0.3 is 0 Å². The van der Waals surface area contributed by atoms with Crippen molar-refractivity contribution in [3.8, 4) is 0 Å². The van der Waals surface area contributed by atoms with Crippen LogP contribution in [0.5, 0.6) is 0 Å². The first kappa shape index (κ1) is 13.5. The second kappa shape index (κ2) is 6.83. The van der Waals surface area contributed by atoms with Crippen molar-refractivity contribution in [2.24, 2.45) is 5.92 Å². The molecule has 0 aliphatic heterocycles. The molecule has 1 atom stereocenters. The SMILES string of the molecule is CCCC1CCC(N[C@H](C)c2cnccn2)CC1. The molecule has 1 saturated carbocycles. The Hall–Kier alpha value is -0.960. The zero-order valence-electron chi connectivity index (χ0n) is 11.6. The first-order valence-electron chi connectivity index (χ1n) is 7.31. The summed E-state index contributed by atoms with van der Waals surface area (Å²) in [5, 5.41) is 3.70. The van der Waals surface area contributed by atoms with Gasteiger partial charge in [-0.25, -0.2) is 0 Å². The number of rotatable bonds is 5. The Labute approximate surface area is 110 Å². The molecule has 1 N–H and O–H groups in total. The summed E-state index contributed by atoms with van der Waals surface area (Å²) >= 11 is 0. The van der Waals surface area contributed by atoms with Crippen LogP contribution in [0.25, 0.3) is 0 Å². The smallest absolute Gasteiger partial charge is 0.0753 e. The van der Waals surface area contributed by atoms with Gasteiger partial charge in [0.25, 0.3) is 0 Å². The monoisotopic (exact) mass is 247 g/mol. The number of aromatic nitrogens is 2. The maximum Gasteiger partial charge on any atom is 0.0753 e. The van der Waals surface area contributed by atoms with Crippen LogP contribution >= 0.6 is 0 Å². The van der Waals surface area contributed by atoms with Gasteiger partial charge < -0.3 is 5.32 Å². The topological polar surface area (TPSA) is 37.8 Å². The van der Waals surface area contributed by atoms with Crippen LogP contribution in [-0.4, -0.2) is 16.0 Å². The molecule has 100 valence electrons. The molecule has 1 aromatic rings. The van der Waals surface area contributed by atoms with E-state index in [9.17, 15) is 0 Å². The molecule has 0 radical (unpaired) electrons. The average Bonchev–Trinajstić information content (AvgIpc) is 2.42. The Morgan fingerprint density at radius 3 is 2.67 bits per heavy atom. The van der Waals surface area contributed by atoms with Gasteiger partial charge in [-0.15, -0.1) is 0 Å². The Kier molecular flexibility index (Phi) is 5.12. The Morgan fingerprint density at radius 1 is 1.28 bits per heavy atom. The van der Waals surface area contributed by atoms with Gasteiger partial charge in [0.2, 0.25) is 0 Å². The van der Waals surface area contributed by atoms with Crippen LogP contribution in [0.15, 0.2) is 18.6 Å². The molecule has 1 aliphatic carbocycles. The molecule has 0 amide bonds. The van der Waals surface area contributed by atoms with Crippen molar-refractivity contribution in [2.75, 3.05) is 0 Å². The first-order valence-corrected chi connectivity index (χ1v) is 7.31. The van der Waals surface area contributed by atoms with E-state index >= 15 is 0 Å². The summed E-state index contributed by atoms with van der Waals surface area (Å²) in [6.45, 7) is 4.47. The lowest BCUT2D eigenvalue weighted by molar-refractivity contribution is 0.265. The van der Waals surface area contributed by atoms with Crippen molar-refractivity contribution < 1.29 is 0 Å². The maximum absolute atomic E-state index is 4.36. The van der Waals surface area contributed by atoms with E-state index in [1.165, 1.54) is 38.5 Å². The summed E-state index contributed by atoms with van der Waals surface area (Å²) in [6, 6.07) is 0.974. The molecule has 3 nitrogen and oxygen atoms in total. The summed E-state index contributed by atoms with van der Waals surface area (Å²) in [4.78, 5) is 8.50. The molecule has 0 spiro atoms. The Morgan fingerprint density at radius 2 is 2.06 bits per heavy atom. The quantitative estimate of drug-likeness (QED) is 0.865. The van der Waals surface area contributed by atoms with Crippen molar-refractivity contribution in [1.82, 2.24) is 15.3 Å². The molecule has 0 saturated heterocycles. The zero-order chi connectivity index (χ0) is 12.8. The lowest BCUT2D eigenvalue weighted by atomic mass is 9.83. The molecule has 0 bridgehead atoms. The van der Waals surface area contributed by atoms with E-state index in [2.05, 4.69) is 29.1 Å². The summed E-state index contributed by atoms with van der Waals surface area (Å²) < 4.78 is 0. The van der Waals surface area contributed by atoms with Crippen LogP contribution in [0.1, 0.15) is 64.1 Å². The Bertz CT molecular complexity index is 331. The van der Waals surface area contributed by atoms with Crippen molar-refractivity contribution in [1.29, 1.82) is 0 Å². The molecule has 1 aliphatic rings. The third-order valence-corrected chi connectivity index (χ3v) is 4.06. The van der Waals surface area contributed by atoms with Crippen LogP contribution in [0.3, 0.4) is 0 Å². The van der Waals surface area contributed by atoms with Gasteiger partial charge in [-0.2, -0.15) is 0 Å². The van der Waals surface area contributed by atoms with Crippen LogP contribution in [-0.2, 0) is 0 Å².